The van der Waals surface area contributed by atoms with Gasteiger partial charge >= 0.3 is 11.9 Å². The number of methoxy groups -OCH3 is 1. The lowest BCUT2D eigenvalue weighted by atomic mass is 10.0. The molecule has 5 amide bonds. The van der Waals surface area contributed by atoms with Crippen molar-refractivity contribution in [2.24, 2.45) is 5.92 Å². The van der Waals surface area contributed by atoms with Gasteiger partial charge in [0.15, 0.2) is 11.8 Å². The first-order valence-corrected chi connectivity index (χ1v) is 28.8. The van der Waals surface area contributed by atoms with Gasteiger partial charge in [0.25, 0.3) is 17.7 Å². The average molecular weight is 1170 g/mol. The van der Waals surface area contributed by atoms with Gasteiger partial charge in [-0.2, -0.15) is 0 Å². The molecule has 78 heavy (non-hydrogen) atoms. The number of hydrogen-bond acceptors (Lipinski definition) is 22. The number of esters is 1. The summed E-state index contributed by atoms with van der Waals surface area (Å²) >= 11 is 6.95. The summed E-state index contributed by atoms with van der Waals surface area (Å²) in [5.74, 6) is -5.03. The summed E-state index contributed by atoms with van der Waals surface area (Å²) in [6.07, 6.45) is -1.30. The number of nitrogens with one attached hydrogen (secondary N) is 5. The Balaban J connectivity index is 1.16. The van der Waals surface area contributed by atoms with Gasteiger partial charge in [0, 0.05) is 53.0 Å². The minimum Gasteiger partial charge on any atom is -0.476 e. The number of ether oxygens (including phenoxy) is 2. The highest BCUT2D eigenvalue weighted by Gasteiger charge is 2.34. The van der Waals surface area contributed by atoms with E-state index in [4.69, 9.17) is 29.4 Å². The lowest BCUT2D eigenvalue weighted by Gasteiger charge is -2.26. The quantitative estimate of drug-likeness (QED) is 0.0719. The molecule has 2 unspecified atom stereocenters. The number of carboxylic acids is 1. The van der Waals surface area contributed by atoms with E-state index >= 15 is 0 Å². The molecule has 22 nitrogen and oxygen atoms in total. The maximum atomic E-state index is 14.2. The normalized spacial score (nSPS) is 16.6. The van der Waals surface area contributed by atoms with Gasteiger partial charge in [-0.3, -0.25) is 28.8 Å². The number of aromatic nitrogens is 7. The fraction of sp³-hybridized carbons (Fsp3) is 0.280. The summed E-state index contributed by atoms with van der Waals surface area (Å²) in [7, 11) is 2.92. The molecular formula is C50H46N12O10S6. The topological polar surface area (TPSA) is 309 Å². The molecular weight excluding hydrogens is 1120 g/mol. The third kappa shape index (κ3) is 12.2. The van der Waals surface area contributed by atoms with E-state index in [1.165, 1.54) is 49.1 Å². The average Bonchev–Trinajstić information content (AvgIpc) is 4.32. The number of nitrogens with zero attached hydrogens (tertiary/aromatic N) is 7. The van der Waals surface area contributed by atoms with E-state index in [1.807, 2.05) is 13.8 Å². The van der Waals surface area contributed by atoms with E-state index in [0.29, 0.717) is 68.7 Å². The first-order valence-electron chi connectivity index (χ1n) is 23.6. The van der Waals surface area contributed by atoms with E-state index < -0.39 is 72.2 Å². The molecule has 1 aliphatic rings. The number of rotatable bonds is 10. The molecule has 4 atom stereocenters. The van der Waals surface area contributed by atoms with Gasteiger partial charge in [-0.15, -0.1) is 68.0 Å². The third-order valence-corrected chi connectivity index (χ3v) is 17.5. The Morgan fingerprint density at radius 1 is 0.705 bits per heavy atom. The fourth-order valence-electron chi connectivity index (χ4n) is 7.98. The molecule has 0 fully saturated rings. The zero-order valence-electron chi connectivity index (χ0n) is 42.1. The summed E-state index contributed by atoms with van der Waals surface area (Å²) in [5.41, 5.74) is 2.34. The van der Waals surface area contributed by atoms with Gasteiger partial charge in [-0.1, -0.05) is 44.2 Å². The predicted octanol–water partition coefficient (Wildman–Crippen LogP) is 7.58. The number of aryl methyl sites for hydroxylation is 1. The number of amides is 5. The molecule has 8 aromatic rings. The molecule has 0 spiro atoms. The van der Waals surface area contributed by atoms with Gasteiger partial charge in [-0.25, -0.2) is 39.7 Å². The van der Waals surface area contributed by atoms with E-state index in [2.05, 4.69) is 41.5 Å². The van der Waals surface area contributed by atoms with Crippen LogP contribution in [0.4, 0.5) is 0 Å². The zero-order chi connectivity index (χ0) is 55.4. The lowest BCUT2D eigenvalue weighted by Crippen LogP contribution is -2.41. The molecule has 28 heteroatoms. The number of carbonyl (C=O) groups is 7. The number of fused-ring (bicyclic) bond motifs is 14. The zero-order valence-corrected chi connectivity index (χ0v) is 47.0. The second kappa shape index (κ2) is 24.0. The highest BCUT2D eigenvalue weighted by molar-refractivity contribution is 7.15. The molecule has 0 radical (unpaired) electrons. The molecule has 1 aromatic carbocycles. The number of thiazole rings is 6. The predicted molar refractivity (Wildman–Crippen MR) is 293 cm³/mol. The minimum atomic E-state index is -1.20. The first-order chi connectivity index (χ1) is 37.5. The van der Waals surface area contributed by atoms with Crippen LogP contribution in [0.25, 0.3) is 43.4 Å². The van der Waals surface area contributed by atoms with Crippen LogP contribution in [0.2, 0.25) is 0 Å². The number of pyridine rings is 1. The second-order valence-corrected chi connectivity index (χ2v) is 23.4. The summed E-state index contributed by atoms with van der Waals surface area (Å²) in [6.45, 7) is 6.15. The van der Waals surface area contributed by atoms with Gasteiger partial charge in [0.1, 0.15) is 70.3 Å². The van der Waals surface area contributed by atoms with Crippen LogP contribution < -0.4 is 26.6 Å². The Labute approximate surface area is 468 Å². The van der Waals surface area contributed by atoms with Crippen LogP contribution in [0.15, 0.2) is 64.0 Å². The SMILES string of the molecule is CNC(=O)C[C@@H]1NC(=O)c2csc(n2)-c2ccc(-c3nc(C(=O)O)cs3)nc2-c2csc(n2)-c2csc(n2)C(C(OC(C)=O)c2ccccc2)NC(=O)CNC(=O)c2nc(sc2COC)[C@H](C(C)C)NC(=O)c2nc1sc2C. The van der Waals surface area contributed by atoms with Crippen LogP contribution in [0.5, 0.6) is 0 Å². The number of aromatic carboxylic acids is 1. The summed E-state index contributed by atoms with van der Waals surface area (Å²) in [4.78, 5) is 128. The number of hydrogen-bond donors (Lipinski definition) is 6. The molecule has 402 valence electrons. The van der Waals surface area contributed by atoms with Crippen molar-refractivity contribution in [2.45, 2.75) is 65.0 Å². The van der Waals surface area contributed by atoms with Crippen LogP contribution in [-0.4, -0.2) is 102 Å². The highest BCUT2D eigenvalue weighted by Crippen LogP contribution is 2.40. The molecule has 6 N–H and O–H groups in total. The first kappa shape index (κ1) is 55.2. The van der Waals surface area contributed by atoms with Crippen LogP contribution >= 0.6 is 68.0 Å². The molecule has 0 saturated carbocycles. The van der Waals surface area contributed by atoms with Gasteiger partial charge in [0.05, 0.1) is 42.2 Å². The van der Waals surface area contributed by atoms with Crippen LogP contribution in [-0.2, 0) is 30.5 Å². The molecule has 9 rings (SSSR count). The minimum absolute atomic E-state index is 0.00968. The second-order valence-electron chi connectivity index (χ2n) is 17.6. The monoisotopic (exact) mass is 1170 g/mol. The van der Waals surface area contributed by atoms with Gasteiger partial charge in [0.2, 0.25) is 11.8 Å². The van der Waals surface area contributed by atoms with E-state index in [9.17, 15) is 38.7 Å². The smallest absolute Gasteiger partial charge is 0.355 e. The molecule has 7 aromatic heterocycles. The Kier molecular flexibility index (Phi) is 16.9. The fourth-order valence-corrected chi connectivity index (χ4v) is 13.5. The summed E-state index contributed by atoms with van der Waals surface area (Å²) in [5, 5.41) is 32.4. The standard InChI is InChI=1S/C50H46N12O10S6/c1-21(2)35-49-62-38(32(78-49)16-71-6)42(67)52-15-34(65)59-39(40(72-23(4)63)24-10-8-7-9-11-24)48-57-30(19-76-48)46-55-28(17-74-46)37-25(12-13-26(53-37)45-58-31(20-75-45)50(69)70)44-56-29(18-73-44)41(66)54-27(14-33(64)51-5)47-61-36(22(3)77-47)43(68)60-35/h7-13,17-21,27,35,39-40H,14-16H2,1-6H3,(H,51,64)(H,52,67)(H,54,66)(H,59,65)(H,60,68)(H,69,70)/t27-,35-,39?,40?/m0/s1. The summed E-state index contributed by atoms with van der Waals surface area (Å²) in [6, 6.07) is 9.41. The lowest BCUT2D eigenvalue weighted by molar-refractivity contribution is -0.149. The molecule has 1 aliphatic heterocycles. The van der Waals surface area contributed by atoms with Crippen LogP contribution in [0.1, 0.15) is 124 Å². The highest BCUT2D eigenvalue weighted by atomic mass is 32.1. The maximum absolute atomic E-state index is 14.2. The maximum Gasteiger partial charge on any atom is 0.355 e. The van der Waals surface area contributed by atoms with Crippen molar-refractivity contribution < 1.29 is 48.1 Å². The van der Waals surface area contributed by atoms with Gasteiger partial charge in [-0.05, 0) is 30.5 Å². The van der Waals surface area contributed by atoms with Crippen molar-refractivity contribution in [3.63, 3.8) is 0 Å². The van der Waals surface area contributed by atoms with Gasteiger partial charge < -0.3 is 41.2 Å². The Morgan fingerprint density at radius 2 is 1.41 bits per heavy atom. The van der Waals surface area contributed by atoms with Crippen molar-refractivity contribution >= 4 is 109 Å². The van der Waals surface area contributed by atoms with Crippen molar-refractivity contribution in [1.29, 1.82) is 0 Å². The Morgan fingerprint density at radius 3 is 2.13 bits per heavy atom. The van der Waals surface area contributed by atoms with Crippen molar-refractivity contribution in [3.05, 3.63) is 117 Å². The molecule has 8 heterocycles. The number of carbonyl (C=O) groups excluding carboxylic acids is 6. The van der Waals surface area contributed by atoms with Crippen molar-refractivity contribution in [2.75, 3.05) is 20.7 Å². The number of benzene rings is 1. The summed E-state index contributed by atoms with van der Waals surface area (Å²) < 4.78 is 11.4. The van der Waals surface area contributed by atoms with Crippen molar-refractivity contribution in [1.82, 2.24) is 61.5 Å². The van der Waals surface area contributed by atoms with E-state index in [1.54, 1.807) is 65.5 Å². The van der Waals surface area contributed by atoms with Crippen LogP contribution in [0, 0.1) is 12.8 Å². The molecule has 0 saturated heterocycles. The largest absolute Gasteiger partial charge is 0.476 e. The number of carboxylic acid groups (broad SMARTS) is 1. The molecule has 10 bridgehead atoms. The molecule has 0 aliphatic carbocycles. The Hall–Kier alpha value is -7.60. The van der Waals surface area contributed by atoms with E-state index in [0.717, 1.165) is 45.3 Å². The van der Waals surface area contributed by atoms with Crippen molar-refractivity contribution in [3.8, 4) is 43.4 Å². The third-order valence-electron chi connectivity index (χ3n) is 11.7. The van der Waals surface area contributed by atoms with Crippen LogP contribution in [0.3, 0.4) is 0 Å². The Bertz CT molecular complexity index is 3580. The van der Waals surface area contributed by atoms with E-state index in [-0.39, 0.29) is 46.7 Å².